The van der Waals surface area contributed by atoms with Gasteiger partial charge in [-0.2, -0.15) is 13.2 Å². The Morgan fingerprint density at radius 3 is 2.02 bits per heavy atom. The number of phenols is 1. The monoisotopic (exact) mass is 849 g/mol. The van der Waals surface area contributed by atoms with E-state index < -0.39 is 12.1 Å². The van der Waals surface area contributed by atoms with Gasteiger partial charge in [-0.3, -0.25) is 9.59 Å². The molecule has 8 nitrogen and oxygen atoms in total. The molecule has 0 bridgehead atoms. The van der Waals surface area contributed by atoms with Gasteiger partial charge in [0.05, 0.1) is 6.42 Å². The number of carbonyl (C=O) groups excluding carboxylic acids is 2. The molecule has 2 fully saturated rings. The van der Waals surface area contributed by atoms with E-state index in [0.29, 0.717) is 25.9 Å². The summed E-state index contributed by atoms with van der Waals surface area (Å²) in [5.74, 6) is -0.715. The van der Waals surface area contributed by atoms with Crippen LogP contribution in [0, 0.1) is 11.8 Å². The van der Waals surface area contributed by atoms with Gasteiger partial charge in [0.2, 0.25) is 5.91 Å². The Morgan fingerprint density at radius 2 is 1.37 bits per heavy atom. The smallest absolute Gasteiger partial charge is 0.490 e. The molecule has 0 saturated carbocycles. The lowest BCUT2D eigenvalue weighted by Gasteiger charge is -2.32. The highest BCUT2D eigenvalue weighted by Gasteiger charge is 2.38. The molecule has 2 aliphatic heterocycles. The fourth-order valence-electron chi connectivity index (χ4n) is 7.53. The van der Waals surface area contributed by atoms with Crippen LogP contribution in [-0.4, -0.2) is 76.7 Å². The second-order valence-corrected chi connectivity index (χ2v) is 15.9. The van der Waals surface area contributed by atoms with Gasteiger partial charge in [-0.15, -0.1) is 0 Å². The molecular weight excluding hydrogens is 799 g/mol. The number of aromatic hydroxyl groups is 1. The minimum atomic E-state index is -5.08. The van der Waals surface area contributed by atoms with Crippen LogP contribution in [0.5, 0.6) is 5.75 Å². The molecule has 304 valence electrons. The van der Waals surface area contributed by atoms with Crippen molar-refractivity contribution in [1.82, 2.24) is 15.1 Å². The summed E-state index contributed by atoms with van der Waals surface area (Å²) in [7, 11) is 0. The van der Waals surface area contributed by atoms with Crippen LogP contribution in [-0.2, 0) is 29.0 Å². The molecule has 0 spiro atoms. The maximum atomic E-state index is 13.7. The molecule has 57 heavy (non-hydrogen) atoms. The van der Waals surface area contributed by atoms with Crippen molar-refractivity contribution >= 4 is 33.7 Å². The normalized spacial score (nSPS) is 15.1. The number of hydrogen-bond acceptors (Lipinski definition) is 5. The summed E-state index contributed by atoms with van der Waals surface area (Å²) >= 11 is 3.53. The Hall–Kier alpha value is -4.68. The Balaban J connectivity index is 0.000000811. The second kappa shape index (κ2) is 21.2. The molecule has 4 aromatic carbocycles. The number of piperidine rings is 2. The van der Waals surface area contributed by atoms with Crippen molar-refractivity contribution < 1.29 is 37.8 Å². The number of nitrogens with one attached hydrogen (secondary N) is 1. The van der Waals surface area contributed by atoms with Crippen LogP contribution in [0.2, 0.25) is 0 Å². The van der Waals surface area contributed by atoms with E-state index in [1.807, 2.05) is 70.5 Å². The number of nitrogens with zero attached hydrogens (tertiary/aromatic N) is 2. The number of rotatable bonds is 13. The summed E-state index contributed by atoms with van der Waals surface area (Å²) in [4.78, 5) is 40.2. The van der Waals surface area contributed by atoms with E-state index >= 15 is 0 Å². The first-order chi connectivity index (χ1) is 27.3. The third kappa shape index (κ3) is 14.0. The summed E-state index contributed by atoms with van der Waals surface area (Å²) in [5.41, 5.74) is 5.83. The van der Waals surface area contributed by atoms with E-state index in [2.05, 4.69) is 45.5 Å². The molecule has 12 heteroatoms. The number of likely N-dealkylation sites (tertiary alicyclic amines) is 1. The van der Waals surface area contributed by atoms with Gasteiger partial charge in [0, 0.05) is 36.2 Å². The van der Waals surface area contributed by atoms with Gasteiger partial charge in [0.15, 0.2) is 0 Å². The standard InChI is InChI=1S/C43H50BrN3O3.C2HF3O2/c44-40-12-3-7-35(28-40)29-42(49)47(26-21-34-13-15-41(48)16-14-34)31-36-8-2-9-37(27-36)38-10-4-11-39(30-38)43(50)46-24-19-33(20-25-46)6-1-5-32-17-22-45-23-18-32;3-2(4,5)1(6)7/h2-4,7-16,27-28,30,32-33,45,48H,1,5-6,17-26,29,31H2;(H,6,7). The van der Waals surface area contributed by atoms with Crippen LogP contribution in [0.25, 0.3) is 11.1 Å². The Bertz CT molecular complexity index is 1930. The number of amides is 2. The van der Waals surface area contributed by atoms with E-state index in [9.17, 15) is 27.9 Å². The highest BCUT2D eigenvalue weighted by atomic mass is 79.9. The molecule has 2 amide bonds. The predicted octanol–water partition coefficient (Wildman–Crippen LogP) is 9.29. The largest absolute Gasteiger partial charge is 0.508 e. The second-order valence-electron chi connectivity index (χ2n) is 15.0. The van der Waals surface area contributed by atoms with E-state index in [1.165, 1.54) is 45.2 Å². The van der Waals surface area contributed by atoms with Gasteiger partial charge in [-0.1, -0.05) is 89.8 Å². The molecule has 0 unspecified atom stereocenters. The van der Waals surface area contributed by atoms with Gasteiger partial charge < -0.3 is 25.3 Å². The molecule has 3 N–H and O–H groups in total. The molecule has 2 saturated heterocycles. The minimum absolute atomic E-state index is 0.0606. The van der Waals surface area contributed by atoms with E-state index in [-0.39, 0.29) is 17.6 Å². The van der Waals surface area contributed by atoms with E-state index in [0.717, 1.165) is 75.6 Å². The van der Waals surface area contributed by atoms with Gasteiger partial charge >= 0.3 is 12.1 Å². The highest BCUT2D eigenvalue weighted by molar-refractivity contribution is 9.10. The average molecular weight is 851 g/mol. The number of alkyl halides is 3. The molecular formula is C45H51BrF3N3O5. The van der Waals surface area contributed by atoms with E-state index in [4.69, 9.17) is 9.90 Å². The van der Waals surface area contributed by atoms with Gasteiger partial charge in [0.25, 0.3) is 5.91 Å². The SMILES string of the molecule is O=C(Cc1cccc(Br)c1)N(CCc1ccc(O)cc1)Cc1cccc(-c2cccc(C(=O)N3CCC(CCCC4CCNCC4)CC3)c2)c1.O=C(O)C(F)(F)F. The van der Waals surface area contributed by atoms with Crippen molar-refractivity contribution in [3.63, 3.8) is 0 Å². The van der Waals surface area contributed by atoms with Crippen molar-refractivity contribution in [3.8, 4) is 16.9 Å². The summed E-state index contributed by atoms with van der Waals surface area (Å²) < 4.78 is 32.7. The van der Waals surface area contributed by atoms with Crippen molar-refractivity contribution in [1.29, 1.82) is 0 Å². The lowest BCUT2D eigenvalue weighted by molar-refractivity contribution is -0.192. The van der Waals surface area contributed by atoms with Crippen LogP contribution in [0.4, 0.5) is 13.2 Å². The number of benzene rings is 4. The molecule has 6 rings (SSSR count). The van der Waals surface area contributed by atoms with Crippen molar-refractivity contribution in [2.45, 2.75) is 70.5 Å². The topological polar surface area (TPSA) is 110 Å². The maximum absolute atomic E-state index is 13.7. The van der Waals surface area contributed by atoms with Crippen LogP contribution < -0.4 is 5.32 Å². The summed E-state index contributed by atoms with van der Waals surface area (Å²) in [5, 5.41) is 20.3. The fourth-order valence-corrected chi connectivity index (χ4v) is 7.97. The summed E-state index contributed by atoms with van der Waals surface area (Å²) in [6.45, 7) is 5.06. The van der Waals surface area contributed by atoms with E-state index in [1.54, 1.807) is 12.1 Å². The van der Waals surface area contributed by atoms with Crippen molar-refractivity contribution in [2.24, 2.45) is 11.8 Å². The number of aliphatic carboxylic acids is 1. The van der Waals surface area contributed by atoms with Crippen LogP contribution in [0.1, 0.15) is 72.0 Å². The predicted molar refractivity (Wildman–Crippen MR) is 219 cm³/mol. The third-order valence-electron chi connectivity index (χ3n) is 10.8. The quantitative estimate of drug-likeness (QED) is 0.124. The zero-order valence-electron chi connectivity index (χ0n) is 32.0. The first-order valence-electron chi connectivity index (χ1n) is 19.6. The number of halogens is 4. The highest BCUT2D eigenvalue weighted by Crippen LogP contribution is 2.28. The number of carboxylic acids is 1. The number of carboxylic acid groups (broad SMARTS) is 1. The zero-order chi connectivity index (χ0) is 40.8. The molecule has 0 atom stereocenters. The number of carbonyl (C=O) groups is 3. The number of hydrogen-bond donors (Lipinski definition) is 3. The molecule has 2 heterocycles. The van der Waals surface area contributed by atoms with Gasteiger partial charge in [0.1, 0.15) is 5.75 Å². The number of phenolic OH excluding ortho intramolecular Hbond substituents is 1. The van der Waals surface area contributed by atoms with Crippen molar-refractivity contribution in [2.75, 3.05) is 32.7 Å². The Labute approximate surface area is 341 Å². The zero-order valence-corrected chi connectivity index (χ0v) is 33.6. The van der Waals surface area contributed by atoms with Crippen LogP contribution in [0.15, 0.2) is 102 Å². The van der Waals surface area contributed by atoms with Crippen molar-refractivity contribution in [3.05, 3.63) is 124 Å². The fraction of sp³-hybridized carbons (Fsp3) is 0.400. The van der Waals surface area contributed by atoms with Gasteiger partial charge in [-0.05, 0) is 127 Å². The maximum Gasteiger partial charge on any atom is 0.490 e. The average Bonchev–Trinajstić information content (AvgIpc) is 3.20. The molecule has 0 aromatic heterocycles. The molecule has 4 aromatic rings. The molecule has 2 aliphatic rings. The van der Waals surface area contributed by atoms with Gasteiger partial charge in [-0.25, -0.2) is 4.79 Å². The Kier molecular flexibility index (Phi) is 16.1. The first-order valence-corrected chi connectivity index (χ1v) is 20.4. The molecule has 0 radical (unpaired) electrons. The van der Waals surface area contributed by atoms with Crippen LogP contribution >= 0.6 is 15.9 Å². The van der Waals surface area contributed by atoms with Crippen LogP contribution in [0.3, 0.4) is 0 Å². The lowest BCUT2D eigenvalue weighted by atomic mass is 9.87. The summed E-state index contributed by atoms with van der Waals surface area (Å²) in [6.07, 6.45) is 4.73. The summed E-state index contributed by atoms with van der Waals surface area (Å²) in [6, 6.07) is 31.4. The first kappa shape index (κ1) is 43.4. The Morgan fingerprint density at radius 1 is 0.772 bits per heavy atom. The third-order valence-corrected chi connectivity index (χ3v) is 11.3. The lowest BCUT2D eigenvalue weighted by Crippen LogP contribution is -2.38. The minimum Gasteiger partial charge on any atom is -0.508 e. The molecule has 0 aliphatic carbocycles.